The molecule has 2 rings (SSSR count). The van der Waals surface area contributed by atoms with E-state index in [2.05, 4.69) is 37.0 Å². The van der Waals surface area contributed by atoms with Gasteiger partial charge in [-0.05, 0) is 44.3 Å². The van der Waals surface area contributed by atoms with E-state index in [1.54, 1.807) is 4.68 Å². The van der Waals surface area contributed by atoms with Crippen LogP contribution in [0.15, 0.2) is 21.1 Å². The summed E-state index contributed by atoms with van der Waals surface area (Å²) in [6.07, 6.45) is 0.823. The molecule has 2 N–H and O–H groups in total. The Balaban J connectivity index is 2.21. The number of rotatable bonds is 4. The van der Waals surface area contributed by atoms with E-state index in [9.17, 15) is 4.39 Å². The Labute approximate surface area is 133 Å². The van der Waals surface area contributed by atoms with Crippen molar-refractivity contribution < 1.29 is 9.13 Å². The van der Waals surface area contributed by atoms with Gasteiger partial charge in [0.15, 0.2) is 0 Å². The maximum Gasteiger partial charge on any atom is 0.145 e. The van der Waals surface area contributed by atoms with Crippen molar-refractivity contribution >= 4 is 37.5 Å². The fourth-order valence-electron chi connectivity index (χ4n) is 1.79. The van der Waals surface area contributed by atoms with Crippen LogP contribution >= 0.6 is 31.9 Å². The third-order valence-corrected chi connectivity index (χ3v) is 4.44. The van der Waals surface area contributed by atoms with Gasteiger partial charge in [-0.2, -0.15) is 5.10 Å². The molecule has 1 aromatic carbocycles. The summed E-state index contributed by atoms with van der Waals surface area (Å²) < 4.78 is 22.1. The standard InChI is InChI=1S/C13H14Br2FN3O/c1-3-10-13(15)11(19(2)18-10)6-20-12-5-8(16)7(14)4-9(12)17/h4-5H,3,6,17H2,1-2H3. The van der Waals surface area contributed by atoms with Crippen molar-refractivity contribution in [2.24, 2.45) is 7.05 Å². The van der Waals surface area contributed by atoms with Crippen LogP contribution in [0.5, 0.6) is 5.75 Å². The topological polar surface area (TPSA) is 53.1 Å². The van der Waals surface area contributed by atoms with Crippen molar-refractivity contribution in [3.8, 4) is 5.75 Å². The van der Waals surface area contributed by atoms with Crippen LogP contribution in [0, 0.1) is 5.82 Å². The largest absolute Gasteiger partial charge is 0.485 e. The molecule has 20 heavy (non-hydrogen) atoms. The zero-order valence-corrected chi connectivity index (χ0v) is 14.3. The maximum atomic E-state index is 13.5. The number of aromatic nitrogens is 2. The maximum absolute atomic E-state index is 13.5. The van der Waals surface area contributed by atoms with Crippen LogP contribution < -0.4 is 10.5 Å². The van der Waals surface area contributed by atoms with E-state index >= 15 is 0 Å². The first-order valence-corrected chi connectivity index (χ1v) is 7.60. The lowest BCUT2D eigenvalue weighted by atomic mass is 10.3. The number of hydrogen-bond acceptors (Lipinski definition) is 3. The number of benzene rings is 1. The highest BCUT2D eigenvalue weighted by Gasteiger charge is 2.14. The Hall–Kier alpha value is -1.08. The van der Waals surface area contributed by atoms with Crippen molar-refractivity contribution in [3.63, 3.8) is 0 Å². The van der Waals surface area contributed by atoms with E-state index in [4.69, 9.17) is 10.5 Å². The Morgan fingerprint density at radius 1 is 1.40 bits per heavy atom. The fourth-order valence-corrected chi connectivity index (χ4v) is 2.88. The summed E-state index contributed by atoms with van der Waals surface area (Å²) in [4.78, 5) is 0. The van der Waals surface area contributed by atoms with Gasteiger partial charge in [-0.25, -0.2) is 4.39 Å². The lowest BCUT2D eigenvalue weighted by Gasteiger charge is -2.10. The van der Waals surface area contributed by atoms with Crippen molar-refractivity contribution in [1.82, 2.24) is 9.78 Å². The second-order valence-corrected chi connectivity index (χ2v) is 5.92. The van der Waals surface area contributed by atoms with Crippen LogP contribution in [0.1, 0.15) is 18.3 Å². The summed E-state index contributed by atoms with van der Waals surface area (Å²) in [6.45, 7) is 2.29. The van der Waals surface area contributed by atoms with E-state index < -0.39 is 5.82 Å². The highest BCUT2D eigenvalue weighted by atomic mass is 79.9. The van der Waals surface area contributed by atoms with E-state index in [1.165, 1.54) is 12.1 Å². The highest BCUT2D eigenvalue weighted by molar-refractivity contribution is 9.10. The van der Waals surface area contributed by atoms with Crippen LogP contribution in [-0.4, -0.2) is 9.78 Å². The van der Waals surface area contributed by atoms with E-state index in [-0.39, 0.29) is 6.61 Å². The van der Waals surface area contributed by atoms with Gasteiger partial charge in [-0.3, -0.25) is 4.68 Å². The summed E-state index contributed by atoms with van der Waals surface area (Å²) >= 11 is 6.58. The first-order valence-electron chi connectivity index (χ1n) is 6.01. The lowest BCUT2D eigenvalue weighted by Crippen LogP contribution is -2.05. The first kappa shape index (κ1) is 15.3. The van der Waals surface area contributed by atoms with Gasteiger partial charge in [0.25, 0.3) is 0 Å². The monoisotopic (exact) mass is 405 g/mol. The molecule has 2 aromatic rings. The SMILES string of the molecule is CCc1nn(C)c(COc2cc(F)c(Br)cc2N)c1Br. The van der Waals surface area contributed by atoms with Gasteiger partial charge in [0, 0.05) is 13.1 Å². The van der Waals surface area contributed by atoms with E-state index in [1.807, 2.05) is 14.0 Å². The molecule has 0 aliphatic carbocycles. The quantitative estimate of drug-likeness (QED) is 0.785. The first-order chi connectivity index (χ1) is 9.43. The predicted molar refractivity (Wildman–Crippen MR) is 83.1 cm³/mol. The molecule has 0 saturated heterocycles. The second-order valence-electron chi connectivity index (χ2n) is 4.28. The second kappa shape index (κ2) is 6.13. The number of nitrogens with zero attached hydrogens (tertiary/aromatic N) is 2. The zero-order valence-electron chi connectivity index (χ0n) is 11.1. The minimum atomic E-state index is -0.410. The van der Waals surface area contributed by atoms with Crippen molar-refractivity contribution in [2.75, 3.05) is 5.73 Å². The Morgan fingerprint density at radius 2 is 2.10 bits per heavy atom. The average Bonchev–Trinajstić information content (AvgIpc) is 2.67. The lowest BCUT2D eigenvalue weighted by molar-refractivity contribution is 0.294. The molecule has 1 heterocycles. The molecule has 4 nitrogen and oxygen atoms in total. The number of nitrogens with two attached hydrogens (primary N) is 1. The molecule has 0 aliphatic heterocycles. The number of aryl methyl sites for hydroxylation is 2. The summed E-state index contributed by atoms with van der Waals surface area (Å²) in [6, 6.07) is 2.75. The van der Waals surface area contributed by atoms with Crippen LogP contribution in [0.4, 0.5) is 10.1 Å². The molecule has 0 atom stereocenters. The van der Waals surface area contributed by atoms with Crippen molar-refractivity contribution in [2.45, 2.75) is 20.0 Å². The predicted octanol–water partition coefficient (Wildman–Crippen LogP) is 3.81. The molecule has 0 fully saturated rings. The highest BCUT2D eigenvalue weighted by Crippen LogP contribution is 2.30. The van der Waals surface area contributed by atoms with Gasteiger partial charge < -0.3 is 10.5 Å². The molecular weight excluding hydrogens is 393 g/mol. The summed E-state index contributed by atoms with van der Waals surface area (Å²) in [7, 11) is 1.84. The minimum absolute atomic E-state index is 0.259. The molecule has 108 valence electrons. The molecule has 0 spiro atoms. The normalized spacial score (nSPS) is 10.8. The van der Waals surface area contributed by atoms with Crippen molar-refractivity contribution in [1.29, 1.82) is 0 Å². The van der Waals surface area contributed by atoms with Gasteiger partial charge in [0.2, 0.25) is 0 Å². The van der Waals surface area contributed by atoms with Crippen LogP contribution in [-0.2, 0) is 20.1 Å². The summed E-state index contributed by atoms with van der Waals surface area (Å²) in [5.41, 5.74) is 8.03. The van der Waals surface area contributed by atoms with Gasteiger partial charge in [0.05, 0.1) is 26.0 Å². The molecule has 0 radical (unpaired) electrons. The van der Waals surface area contributed by atoms with Crippen molar-refractivity contribution in [3.05, 3.63) is 38.3 Å². The van der Waals surface area contributed by atoms with Gasteiger partial charge in [-0.1, -0.05) is 6.92 Å². The van der Waals surface area contributed by atoms with Crippen LogP contribution in [0.2, 0.25) is 0 Å². The number of ether oxygens (including phenoxy) is 1. The van der Waals surface area contributed by atoms with Gasteiger partial charge >= 0.3 is 0 Å². The number of anilines is 1. The fraction of sp³-hybridized carbons (Fsp3) is 0.308. The molecular formula is C13H14Br2FN3O. The summed E-state index contributed by atoms with van der Waals surface area (Å²) in [5, 5.41) is 4.37. The molecule has 0 aliphatic rings. The molecule has 0 amide bonds. The third kappa shape index (κ3) is 2.98. The summed E-state index contributed by atoms with van der Waals surface area (Å²) in [5.74, 6) is -0.0932. The molecule has 0 unspecified atom stereocenters. The molecule has 0 saturated carbocycles. The molecule has 1 aromatic heterocycles. The van der Waals surface area contributed by atoms with Crippen LogP contribution in [0.25, 0.3) is 0 Å². The Kier molecular flexibility index (Phi) is 4.70. The van der Waals surface area contributed by atoms with E-state index in [0.717, 1.165) is 22.3 Å². The van der Waals surface area contributed by atoms with Crippen LogP contribution in [0.3, 0.4) is 0 Å². The molecule has 0 bridgehead atoms. The van der Waals surface area contributed by atoms with Gasteiger partial charge in [-0.15, -0.1) is 0 Å². The number of nitrogen functional groups attached to an aromatic ring is 1. The van der Waals surface area contributed by atoms with E-state index in [0.29, 0.717) is 15.9 Å². The Morgan fingerprint density at radius 3 is 2.70 bits per heavy atom. The van der Waals surface area contributed by atoms with Gasteiger partial charge in [0.1, 0.15) is 18.2 Å². The third-order valence-electron chi connectivity index (χ3n) is 2.92. The minimum Gasteiger partial charge on any atom is -0.485 e. The Bertz CT molecular complexity index is 643. The number of halogens is 3. The smallest absolute Gasteiger partial charge is 0.145 e. The molecule has 7 heteroatoms. The average molecular weight is 407 g/mol. The zero-order chi connectivity index (χ0) is 14.9. The number of hydrogen-bond donors (Lipinski definition) is 1.